The molecule has 0 aromatic rings. The van der Waals surface area contributed by atoms with Gasteiger partial charge >= 0.3 is 0 Å². The first-order valence-electron chi connectivity index (χ1n) is 6.42. The van der Waals surface area contributed by atoms with Gasteiger partial charge in [0.1, 0.15) is 0 Å². The number of nitrogens with zero attached hydrogens (tertiary/aromatic N) is 1. The lowest BCUT2D eigenvalue weighted by Gasteiger charge is -2.40. The van der Waals surface area contributed by atoms with Gasteiger partial charge in [-0.1, -0.05) is 27.4 Å². The summed E-state index contributed by atoms with van der Waals surface area (Å²) in [4.78, 5) is 2.54. The normalized spacial score (nSPS) is 24.3. The number of piperidine rings is 1. The molecular weight excluding hydrogens is 182 g/mol. The minimum Gasteiger partial charge on any atom is -0.375 e. The number of likely N-dealkylation sites (tertiary alicyclic amines) is 1. The molecule has 1 heteroatoms. The van der Waals surface area contributed by atoms with Crippen LogP contribution in [0.5, 0.6) is 0 Å². The SMILES string of the molecule is C=C(C1CC1)N1CCC(C(C)(C)C)CC1. The monoisotopic (exact) mass is 207 g/mol. The van der Waals surface area contributed by atoms with Gasteiger partial charge in [-0.25, -0.2) is 0 Å². The summed E-state index contributed by atoms with van der Waals surface area (Å²) >= 11 is 0. The van der Waals surface area contributed by atoms with E-state index in [4.69, 9.17) is 0 Å². The van der Waals surface area contributed by atoms with Crippen LogP contribution < -0.4 is 0 Å². The minimum absolute atomic E-state index is 0.493. The number of allylic oxidation sites excluding steroid dienone is 1. The molecule has 2 rings (SSSR count). The molecule has 0 unspecified atom stereocenters. The van der Waals surface area contributed by atoms with Crippen LogP contribution in [0.3, 0.4) is 0 Å². The van der Waals surface area contributed by atoms with Gasteiger partial charge in [-0.2, -0.15) is 0 Å². The van der Waals surface area contributed by atoms with E-state index in [0.717, 1.165) is 11.8 Å². The molecule has 1 aliphatic heterocycles. The standard InChI is InChI=1S/C14H25N/c1-11(12-5-6-12)15-9-7-13(8-10-15)14(2,3)4/h12-13H,1,5-10H2,2-4H3. The molecule has 0 bridgehead atoms. The second-order valence-electron chi connectivity index (χ2n) is 6.39. The van der Waals surface area contributed by atoms with Crippen molar-refractivity contribution < 1.29 is 0 Å². The van der Waals surface area contributed by atoms with Crippen LogP contribution in [0, 0.1) is 17.3 Å². The Morgan fingerprint density at radius 3 is 2.00 bits per heavy atom. The maximum absolute atomic E-state index is 4.25. The first-order valence-corrected chi connectivity index (χ1v) is 6.42. The van der Waals surface area contributed by atoms with E-state index in [1.54, 1.807) is 0 Å². The van der Waals surface area contributed by atoms with Gasteiger partial charge in [0.05, 0.1) is 0 Å². The summed E-state index contributed by atoms with van der Waals surface area (Å²) in [5, 5.41) is 0. The molecule has 0 amide bonds. The Kier molecular flexibility index (Phi) is 2.83. The van der Waals surface area contributed by atoms with Crippen molar-refractivity contribution in [2.24, 2.45) is 17.3 Å². The second-order valence-corrected chi connectivity index (χ2v) is 6.39. The van der Waals surface area contributed by atoms with E-state index < -0.39 is 0 Å². The third kappa shape index (κ3) is 2.56. The van der Waals surface area contributed by atoms with Gasteiger partial charge in [0.2, 0.25) is 0 Å². The van der Waals surface area contributed by atoms with Gasteiger partial charge in [-0.3, -0.25) is 0 Å². The Labute approximate surface area is 94.5 Å². The molecule has 1 saturated carbocycles. The number of hydrogen-bond donors (Lipinski definition) is 0. The summed E-state index contributed by atoms with van der Waals surface area (Å²) in [5.74, 6) is 1.75. The maximum atomic E-state index is 4.25. The highest BCUT2D eigenvalue weighted by Gasteiger charge is 2.33. The van der Waals surface area contributed by atoms with Crippen molar-refractivity contribution in [3.63, 3.8) is 0 Å². The van der Waals surface area contributed by atoms with Gasteiger partial charge in [-0.05, 0) is 42.9 Å². The Hall–Kier alpha value is -0.460. The Morgan fingerprint density at radius 2 is 1.60 bits per heavy atom. The molecule has 0 N–H and O–H groups in total. The molecule has 2 fully saturated rings. The molecular formula is C14H25N. The molecule has 86 valence electrons. The van der Waals surface area contributed by atoms with Crippen LogP contribution in [0.2, 0.25) is 0 Å². The Bertz CT molecular complexity index is 237. The van der Waals surface area contributed by atoms with Crippen molar-refractivity contribution >= 4 is 0 Å². The topological polar surface area (TPSA) is 3.24 Å². The van der Waals surface area contributed by atoms with Crippen LogP contribution >= 0.6 is 0 Å². The van der Waals surface area contributed by atoms with Crippen LogP contribution in [0.25, 0.3) is 0 Å². The van der Waals surface area contributed by atoms with Gasteiger partial charge < -0.3 is 4.90 Å². The van der Waals surface area contributed by atoms with Crippen LogP contribution in [-0.4, -0.2) is 18.0 Å². The van der Waals surface area contributed by atoms with E-state index in [0.29, 0.717) is 5.41 Å². The third-order valence-electron chi connectivity index (χ3n) is 4.17. The predicted octanol–water partition coefficient (Wildman–Crippen LogP) is 3.67. The molecule has 2 aliphatic rings. The summed E-state index contributed by atoms with van der Waals surface area (Å²) in [5.41, 5.74) is 1.93. The van der Waals surface area contributed by atoms with Gasteiger partial charge in [0, 0.05) is 18.8 Å². The fraction of sp³-hybridized carbons (Fsp3) is 0.857. The van der Waals surface area contributed by atoms with Gasteiger partial charge in [0.15, 0.2) is 0 Å². The molecule has 15 heavy (non-hydrogen) atoms. The maximum Gasteiger partial charge on any atom is 0.0177 e. The molecule has 0 spiro atoms. The van der Waals surface area contributed by atoms with Crippen molar-refractivity contribution in [2.45, 2.75) is 46.5 Å². The summed E-state index contributed by atoms with van der Waals surface area (Å²) in [6, 6.07) is 0. The van der Waals surface area contributed by atoms with Crippen LogP contribution in [0.15, 0.2) is 12.3 Å². The molecule has 0 atom stereocenters. The van der Waals surface area contributed by atoms with Crippen molar-refractivity contribution in [3.05, 3.63) is 12.3 Å². The lowest BCUT2D eigenvalue weighted by atomic mass is 9.75. The predicted molar refractivity (Wildman–Crippen MR) is 65.6 cm³/mol. The van der Waals surface area contributed by atoms with Crippen molar-refractivity contribution in [1.82, 2.24) is 4.90 Å². The summed E-state index contributed by atoms with van der Waals surface area (Å²) in [7, 11) is 0. The third-order valence-corrected chi connectivity index (χ3v) is 4.17. The zero-order chi connectivity index (χ0) is 11.1. The lowest BCUT2D eigenvalue weighted by molar-refractivity contribution is 0.129. The van der Waals surface area contributed by atoms with Crippen LogP contribution in [-0.2, 0) is 0 Å². The number of hydrogen-bond acceptors (Lipinski definition) is 1. The highest BCUT2D eigenvalue weighted by Crippen LogP contribution is 2.40. The van der Waals surface area contributed by atoms with Crippen molar-refractivity contribution in [2.75, 3.05) is 13.1 Å². The molecule has 0 aromatic carbocycles. The fourth-order valence-corrected chi connectivity index (χ4v) is 2.71. The van der Waals surface area contributed by atoms with E-state index >= 15 is 0 Å². The second kappa shape index (κ2) is 3.84. The van der Waals surface area contributed by atoms with Crippen LogP contribution in [0.4, 0.5) is 0 Å². The quantitative estimate of drug-likeness (QED) is 0.668. The van der Waals surface area contributed by atoms with E-state index in [1.165, 1.54) is 44.5 Å². The first kappa shape index (κ1) is 11.0. The average Bonchev–Trinajstić information content (AvgIpc) is 2.99. The molecule has 1 aliphatic carbocycles. The molecule has 0 aromatic heterocycles. The lowest BCUT2D eigenvalue weighted by Crippen LogP contribution is -2.37. The Morgan fingerprint density at radius 1 is 1.07 bits per heavy atom. The van der Waals surface area contributed by atoms with E-state index in [1.807, 2.05) is 0 Å². The van der Waals surface area contributed by atoms with Crippen LogP contribution in [0.1, 0.15) is 46.5 Å². The average molecular weight is 207 g/mol. The van der Waals surface area contributed by atoms with Crippen molar-refractivity contribution in [1.29, 1.82) is 0 Å². The molecule has 1 heterocycles. The summed E-state index contributed by atoms with van der Waals surface area (Å²) in [6.07, 6.45) is 5.49. The van der Waals surface area contributed by atoms with Crippen molar-refractivity contribution in [3.8, 4) is 0 Å². The minimum atomic E-state index is 0.493. The Balaban J connectivity index is 1.83. The van der Waals surface area contributed by atoms with Gasteiger partial charge in [-0.15, -0.1) is 0 Å². The molecule has 0 radical (unpaired) electrons. The molecule has 1 saturated heterocycles. The van der Waals surface area contributed by atoms with Gasteiger partial charge in [0.25, 0.3) is 0 Å². The smallest absolute Gasteiger partial charge is 0.0177 e. The number of rotatable bonds is 2. The summed E-state index contributed by atoms with van der Waals surface area (Å²) in [6.45, 7) is 13.9. The largest absolute Gasteiger partial charge is 0.375 e. The zero-order valence-corrected chi connectivity index (χ0v) is 10.6. The van der Waals surface area contributed by atoms with E-state index in [-0.39, 0.29) is 0 Å². The fourth-order valence-electron chi connectivity index (χ4n) is 2.71. The summed E-state index contributed by atoms with van der Waals surface area (Å²) < 4.78 is 0. The zero-order valence-electron chi connectivity index (χ0n) is 10.6. The van der Waals surface area contributed by atoms with E-state index in [2.05, 4.69) is 32.3 Å². The molecule has 1 nitrogen and oxygen atoms in total. The highest BCUT2D eigenvalue weighted by atomic mass is 15.1. The van der Waals surface area contributed by atoms with E-state index in [9.17, 15) is 0 Å². The first-order chi connectivity index (χ1) is 6.98. The highest BCUT2D eigenvalue weighted by molar-refractivity contribution is 5.07.